The van der Waals surface area contributed by atoms with Gasteiger partial charge in [-0.25, -0.2) is 0 Å². The van der Waals surface area contributed by atoms with Crippen LogP contribution in [-0.4, -0.2) is 57.3 Å². The Balaban J connectivity index is 3.68. The fourth-order valence-electron chi connectivity index (χ4n) is 8.67. The summed E-state index contributed by atoms with van der Waals surface area (Å²) < 4.78 is 0. The topological polar surface area (TPSA) is 110 Å². The second-order valence-electron chi connectivity index (χ2n) is 19.3. The molecule has 0 fully saturated rings. The molecular formula is C57H109NO5. The average Bonchev–Trinajstić information content (AvgIpc) is 3.29. The third-order valence-electron chi connectivity index (χ3n) is 13.1. The molecule has 0 aromatic rings. The van der Waals surface area contributed by atoms with Crippen molar-refractivity contribution in [2.75, 3.05) is 6.61 Å². The summed E-state index contributed by atoms with van der Waals surface area (Å²) in [5, 5.41) is 43.9. The van der Waals surface area contributed by atoms with E-state index in [1.165, 1.54) is 218 Å². The van der Waals surface area contributed by atoms with Crippen molar-refractivity contribution in [1.82, 2.24) is 5.32 Å². The summed E-state index contributed by atoms with van der Waals surface area (Å²) >= 11 is 0. The number of allylic oxidation sites excluding steroid dienone is 6. The van der Waals surface area contributed by atoms with E-state index >= 15 is 0 Å². The van der Waals surface area contributed by atoms with Crippen molar-refractivity contribution in [2.45, 2.75) is 314 Å². The van der Waals surface area contributed by atoms with E-state index in [1.54, 1.807) is 0 Å². The molecule has 1 amide bonds. The minimum Gasteiger partial charge on any atom is -0.394 e. The number of rotatable bonds is 51. The van der Waals surface area contributed by atoms with Crippen LogP contribution in [0.3, 0.4) is 0 Å². The Labute approximate surface area is 392 Å². The highest BCUT2D eigenvalue weighted by atomic mass is 16.3. The van der Waals surface area contributed by atoms with Gasteiger partial charge in [-0.2, -0.15) is 0 Å². The summed E-state index contributed by atoms with van der Waals surface area (Å²) in [6, 6.07) is -1.00. The first-order chi connectivity index (χ1) is 31.0. The lowest BCUT2D eigenvalue weighted by molar-refractivity contribution is -0.132. The molecule has 0 saturated heterocycles. The Morgan fingerprint density at radius 2 is 0.698 bits per heavy atom. The van der Waals surface area contributed by atoms with Crippen LogP contribution in [0.15, 0.2) is 36.5 Å². The Kier molecular flexibility index (Phi) is 50.3. The summed E-state index contributed by atoms with van der Waals surface area (Å²) in [4.78, 5) is 12.6. The number of aliphatic hydroxyl groups is 4. The van der Waals surface area contributed by atoms with E-state index in [2.05, 4.69) is 55.6 Å². The molecule has 0 rings (SSSR count). The zero-order valence-corrected chi connectivity index (χ0v) is 42.1. The fourth-order valence-corrected chi connectivity index (χ4v) is 8.67. The summed E-state index contributed by atoms with van der Waals surface area (Å²) in [6.45, 7) is 4.07. The van der Waals surface area contributed by atoms with Crippen molar-refractivity contribution in [3.8, 4) is 0 Å². The van der Waals surface area contributed by atoms with Crippen molar-refractivity contribution >= 4 is 5.91 Å². The molecule has 4 unspecified atom stereocenters. The lowest BCUT2D eigenvalue weighted by Crippen LogP contribution is -2.53. The van der Waals surface area contributed by atoms with Gasteiger partial charge in [0.25, 0.3) is 0 Å². The van der Waals surface area contributed by atoms with Crippen molar-refractivity contribution in [3.63, 3.8) is 0 Å². The molecule has 0 bridgehead atoms. The molecule has 0 heterocycles. The van der Waals surface area contributed by atoms with Gasteiger partial charge in [-0.3, -0.25) is 4.79 Å². The lowest BCUT2D eigenvalue weighted by Gasteiger charge is -2.27. The molecule has 372 valence electrons. The molecule has 63 heavy (non-hydrogen) atoms. The molecule has 0 aromatic heterocycles. The maximum absolute atomic E-state index is 12.6. The van der Waals surface area contributed by atoms with Gasteiger partial charge in [-0.1, -0.05) is 256 Å². The zero-order chi connectivity index (χ0) is 45.9. The number of carbonyl (C=O) groups is 1. The van der Waals surface area contributed by atoms with Crippen molar-refractivity contribution < 1.29 is 25.2 Å². The van der Waals surface area contributed by atoms with Gasteiger partial charge in [-0.15, -0.1) is 0 Å². The first-order valence-electron chi connectivity index (χ1n) is 27.9. The predicted molar refractivity (Wildman–Crippen MR) is 274 cm³/mol. The van der Waals surface area contributed by atoms with E-state index in [0.29, 0.717) is 12.8 Å². The van der Waals surface area contributed by atoms with E-state index in [0.717, 1.165) is 44.9 Å². The van der Waals surface area contributed by atoms with Crippen LogP contribution in [0.1, 0.15) is 290 Å². The minimum atomic E-state index is -1.28. The molecule has 0 spiro atoms. The predicted octanol–water partition coefficient (Wildman–Crippen LogP) is 16.0. The van der Waals surface area contributed by atoms with Gasteiger partial charge in [0.1, 0.15) is 12.2 Å². The molecule has 6 nitrogen and oxygen atoms in total. The SMILES string of the molecule is CCCCCCCCCCC/C=C\C/C=C\CCCCCCCCCCCCC(O)C(=O)NC(CO)C(O)C(O)CCC/C=C/CCCCCCCCCCCCCCCCCC. The van der Waals surface area contributed by atoms with Crippen LogP contribution in [0.25, 0.3) is 0 Å². The third-order valence-corrected chi connectivity index (χ3v) is 13.1. The quantitative estimate of drug-likeness (QED) is 0.0309. The first-order valence-corrected chi connectivity index (χ1v) is 27.9. The normalized spacial score (nSPS) is 14.1. The second-order valence-corrected chi connectivity index (χ2v) is 19.3. The molecule has 0 aromatic carbocycles. The molecule has 5 N–H and O–H groups in total. The van der Waals surface area contributed by atoms with E-state index < -0.39 is 36.9 Å². The third kappa shape index (κ3) is 45.5. The molecule has 0 saturated carbocycles. The number of nitrogens with one attached hydrogen (secondary N) is 1. The molecule has 0 aliphatic rings. The van der Waals surface area contributed by atoms with Gasteiger partial charge in [0.2, 0.25) is 5.91 Å². The molecule has 0 aliphatic heterocycles. The number of aliphatic hydroxyl groups excluding tert-OH is 4. The maximum atomic E-state index is 12.6. The number of hydrogen-bond acceptors (Lipinski definition) is 5. The number of hydrogen-bond donors (Lipinski definition) is 5. The maximum Gasteiger partial charge on any atom is 0.249 e. The van der Waals surface area contributed by atoms with Crippen molar-refractivity contribution in [3.05, 3.63) is 36.5 Å². The van der Waals surface area contributed by atoms with Crippen LogP contribution >= 0.6 is 0 Å². The number of carbonyl (C=O) groups excluding carboxylic acids is 1. The molecule has 0 aliphatic carbocycles. The van der Waals surface area contributed by atoms with Crippen LogP contribution in [0.4, 0.5) is 0 Å². The molecule has 4 atom stereocenters. The molecular weight excluding hydrogens is 779 g/mol. The van der Waals surface area contributed by atoms with Gasteiger partial charge in [0.15, 0.2) is 0 Å². The largest absolute Gasteiger partial charge is 0.394 e. The van der Waals surface area contributed by atoms with Crippen molar-refractivity contribution in [2.24, 2.45) is 0 Å². The van der Waals surface area contributed by atoms with Crippen LogP contribution in [-0.2, 0) is 4.79 Å². The van der Waals surface area contributed by atoms with E-state index in [4.69, 9.17) is 0 Å². The Hall–Kier alpha value is -1.47. The highest BCUT2D eigenvalue weighted by Gasteiger charge is 2.28. The van der Waals surface area contributed by atoms with E-state index in [9.17, 15) is 25.2 Å². The molecule has 0 radical (unpaired) electrons. The zero-order valence-electron chi connectivity index (χ0n) is 42.1. The van der Waals surface area contributed by atoms with Gasteiger partial charge in [-0.05, 0) is 70.6 Å². The first kappa shape index (κ1) is 61.5. The van der Waals surface area contributed by atoms with Crippen LogP contribution < -0.4 is 5.32 Å². The summed E-state index contributed by atoms with van der Waals surface area (Å²) in [7, 11) is 0. The number of amides is 1. The van der Waals surface area contributed by atoms with Gasteiger partial charge in [0, 0.05) is 0 Å². The summed E-state index contributed by atoms with van der Waals surface area (Å²) in [5.74, 6) is -0.593. The van der Waals surface area contributed by atoms with Crippen LogP contribution in [0, 0.1) is 0 Å². The highest BCUT2D eigenvalue weighted by molar-refractivity contribution is 5.80. The lowest BCUT2D eigenvalue weighted by atomic mass is 10.00. The fraction of sp³-hybridized carbons (Fsp3) is 0.877. The van der Waals surface area contributed by atoms with Crippen LogP contribution in [0.5, 0.6) is 0 Å². The Morgan fingerprint density at radius 1 is 0.397 bits per heavy atom. The van der Waals surface area contributed by atoms with Gasteiger partial charge >= 0.3 is 0 Å². The van der Waals surface area contributed by atoms with Crippen molar-refractivity contribution in [1.29, 1.82) is 0 Å². The van der Waals surface area contributed by atoms with Gasteiger partial charge < -0.3 is 25.7 Å². The summed E-state index contributed by atoms with van der Waals surface area (Å²) in [6.07, 6.45) is 63.5. The van der Waals surface area contributed by atoms with E-state index in [-0.39, 0.29) is 0 Å². The van der Waals surface area contributed by atoms with Gasteiger partial charge in [0.05, 0.1) is 18.8 Å². The minimum absolute atomic E-state index is 0.360. The van der Waals surface area contributed by atoms with Crippen LogP contribution in [0.2, 0.25) is 0 Å². The molecule has 6 heteroatoms. The number of unbranched alkanes of at least 4 members (excludes halogenated alkanes) is 36. The Morgan fingerprint density at radius 3 is 1.05 bits per heavy atom. The summed E-state index contributed by atoms with van der Waals surface area (Å²) in [5.41, 5.74) is 0. The average molecular weight is 889 g/mol. The highest BCUT2D eigenvalue weighted by Crippen LogP contribution is 2.17. The van der Waals surface area contributed by atoms with E-state index in [1.807, 2.05) is 0 Å². The Bertz CT molecular complexity index is 997. The monoisotopic (exact) mass is 888 g/mol. The smallest absolute Gasteiger partial charge is 0.249 e. The second kappa shape index (κ2) is 51.5. The standard InChI is InChI=1S/C57H109NO5/c1-3-5-7-9-11-13-15-17-19-21-23-25-26-27-28-29-31-33-35-37-39-41-43-45-47-49-51-55(61)57(63)58-53(52-59)56(62)54(60)50-48-46-44-42-40-38-36-34-32-30-24-22-20-18-16-14-12-10-8-6-4-2/h23,25,27-28,42,44,53-56,59-62H,3-22,24,26,29-41,43,45-52H2,1-2H3,(H,58,63)/b25-23-,28-27-,44-42+.